The molecule has 0 radical (unpaired) electrons. The summed E-state index contributed by atoms with van der Waals surface area (Å²) in [6, 6.07) is 1.86. The molecular weight excluding hydrogens is 258 g/mol. The van der Waals surface area contributed by atoms with Crippen molar-refractivity contribution in [1.29, 1.82) is 0 Å². The second kappa shape index (κ2) is 5.77. The molecule has 108 valence electrons. The minimum atomic E-state index is -0.426. The van der Waals surface area contributed by atoms with E-state index in [0.717, 1.165) is 12.1 Å². The average molecular weight is 277 g/mol. The van der Waals surface area contributed by atoms with E-state index in [0.29, 0.717) is 19.5 Å². The highest BCUT2D eigenvalue weighted by atomic mass is 16.2. The Hall–Kier alpha value is -2.31. The molecule has 0 saturated heterocycles. The summed E-state index contributed by atoms with van der Waals surface area (Å²) in [5, 5.41) is 4.06. The van der Waals surface area contributed by atoms with Gasteiger partial charge in [0.2, 0.25) is 0 Å². The van der Waals surface area contributed by atoms with Gasteiger partial charge in [0, 0.05) is 44.6 Å². The smallest absolute Gasteiger partial charge is 0.331 e. The third-order valence-corrected chi connectivity index (χ3v) is 3.24. The highest BCUT2D eigenvalue weighted by molar-refractivity contribution is 5.31. The lowest BCUT2D eigenvalue weighted by Gasteiger charge is -2.10. The zero-order chi connectivity index (χ0) is 14.7. The van der Waals surface area contributed by atoms with E-state index >= 15 is 0 Å². The molecule has 0 fully saturated rings. The molecule has 7 heteroatoms. The first-order chi connectivity index (χ1) is 9.54. The van der Waals surface area contributed by atoms with Crippen molar-refractivity contribution in [3.05, 3.63) is 45.0 Å². The van der Waals surface area contributed by atoms with Gasteiger partial charge in [-0.2, -0.15) is 5.10 Å². The number of nitrogens with zero attached hydrogens (tertiary/aromatic N) is 4. The molecule has 0 bridgehead atoms. The molecule has 2 heterocycles. The van der Waals surface area contributed by atoms with Crippen LogP contribution >= 0.6 is 0 Å². The highest BCUT2D eigenvalue weighted by Crippen LogP contribution is 1.99. The Morgan fingerprint density at radius 1 is 1.30 bits per heavy atom. The molecule has 0 saturated carbocycles. The standard InChI is InChI=1S/C13H19N5O2/c1-3-7-17-9-11(14)12(19)18(13(17)20)8-5-10-4-6-15-16(10)2/h4,6,9H,3,5,7-8,14H2,1-2H3. The maximum absolute atomic E-state index is 12.2. The number of aromatic nitrogens is 4. The maximum atomic E-state index is 12.2. The van der Waals surface area contributed by atoms with Crippen LogP contribution in [-0.4, -0.2) is 18.9 Å². The van der Waals surface area contributed by atoms with Gasteiger partial charge in [-0.15, -0.1) is 0 Å². The number of aryl methyl sites for hydroxylation is 3. The van der Waals surface area contributed by atoms with Crippen LogP contribution in [0.2, 0.25) is 0 Å². The molecule has 2 aromatic heterocycles. The summed E-state index contributed by atoms with van der Waals surface area (Å²) in [6.07, 6.45) is 4.47. The zero-order valence-corrected chi connectivity index (χ0v) is 11.7. The Balaban J connectivity index is 2.33. The fourth-order valence-corrected chi connectivity index (χ4v) is 2.15. The number of nitrogens with two attached hydrogens (primary N) is 1. The molecule has 7 nitrogen and oxygen atoms in total. The summed E-state index contributed by atoms with van der Waals surface area (Å²) in [6.45, 7) is 2.81. The van der Waals surface area contributed by atoms with Crippen LogP contribution in [0.4, 0.5) is 5.69 Å². The minimum Gasteiger partial charge on any atom is -0.393 e. The summed E-state index contributed by atoms with van der Waals surface area (Å²) in [7, 11) is 1.83. The topological polar surface area (TPSA) is 87.8 Å². The number of rotatable bonds is 5. The van der Waals surface area contributed by atoms with Crippen molar-refractivity contribution in [2.45, 2.75) is 32.9 Å². The van der Waals surface area contributed by atoms with Gasteiger partial charge in [-0.3, -0.25) is 18.6 Å². The zero-order valence-electron chi connectivity index (χ0n) is 11.7. The number of hydrogen-bond donors (Lipinski definition) is 1. The van der Waals surface area contributed by atoms with Gasteiger partial charge in [0.1, 0.15) is 5.69 Å². The molecule has 0 unspecified atom stereocenters. The fourth-order valence-electron chi connectivity index (χ4n) is 2.15. The van der Waals surface area contributed by atoms with Gasteiger partial charge in [-0.05, 0) is 12.5 Å². The van der Waals surface area contributed by atoms with Gasteiger partial charge in [-0.25, -0.2) is 4.79 Å². The van der Waals surface area contributed by atoms with Crippen molar-refractivity contribution < 1.29 is 0 Å². The molecule has 0 atom stereocenters. The van der Waals surface area contributed by atoms with E-state index in [1.165, 1.54) is 15.3 Å². The molecule has 0 spiro atoms. The molecule has 0 aliphatic rings. The lowest BCUT2D eigenvalue weighted by Crippen LogP contribution is -2.41. The van der Waals surface area contributed by atoms with E-state index in [1.807, 2.05) is 20.0 Å². The van der Waals surface area contributed by atoms with Crippen LogP contribution in [-0.2, 0) is 26.6 Å². The average Bonchev–Trinajstić information content (AvgIpc) is 2.82. The Bertz CT molecular complexity index is 710. The Labute approximate surface area is 116 Å². The summed E-state index contributed by atoms with van der Waals surface area (Å²) < 4.78 is 4.40. The summed E-state index contributed by atoms with van der Waals surface area (Å²) in [5.74, 6) is 0. The molecule has 0 aliphatic heterocycles. The first-order valence-corrected chi connectivity index (χ1v) is 6.61. The predicted molar refractivity (Wildman–Crippen MR) is 76.6 cm³/mol. The summed E-state index contributed by atoms with van der Waals surface area (Å²) >= 11 is 0. The molecular formula is C13H19N5O2. The Morgan fingerprint density at radius 3 is 2.65 bits per heavy atom. The van der Waals surface area contributed by atoms with Gasteiger partial charge in [-0.1, -0.05) is 6.92 Å². The van der Waals surface area contributed by atoms with Crippen LogP contribution in [0.1, 0.15) is 19.0 Å². The molecule has 2 aromatic rings. The quantitative estimate of drug-likeness (QED) is 0.832. The van der Waals surface area contributed by atoms with Gasteiger partial charge >= 0.3 is 5.69 Å². The SMILES string of the molecule is CCCn1cc(N)c(=O)n(CCc2ccnn2C)c1=O. The van der Waals surface area contributed by atoms with Crippen molar-refractivity contribution in [3.8, 4) is 0 Å². The number of hydrogen-bond acceptors (Lipinski definition) is 4. The summed E-state index contributed by atoms with van der Waals surface area (Å²) in [4.78, 5) is 24.2. The Morgan fingerprint density at radius 2 is 2.05 bits per heavy atom. The fraction of sp³-hybridized carbons (Fsp3) is 0.462. The van der Waals surface area contributed by atoms with Gasteiger partial charge in [0.15, 0.2) is 0 Å². The summed E-state index contributed by atoms with van der Waals surface area (Å²) in [5.41, 5.74) is 6.01. The first-order valence-electron chi connectivity index (χ1n) is 6.61. The van der Waals surface area contributed by atoms with Gasteiger partial charge in [0.25, 0.3) is 5.56 Å². The van der Waals surface area contributed by atoms with Crippen LogP contribution < -0.4 is 17.0 Å². The van der Waals surface area contributed by atoms with Gasteiger partial charge < -0.3 is 5.73 Å². The monoisotopic (exact) mass is 277 g/mol. The first kappa shape index (κ1) is 14.1. The molecule has 0 aromatic carbocycles. The third-order valence-electron chi connectivity index (χ3n) is 3.24. The second-order valence-electron chi connectivity index (χ2n) is 4.71. The van der Waals surface area contributed by atoms with E-state index in [9.17, 15) is 9.59 Å². The van der Waals surface area contributed by atoms with Crippen molar-refractivity contribution in [2.75, 3.05) is 5.73 Å². The van der Waals surface area contributed by atoms with E-state index < -0.39 is 5.56 Å². The molecule has 20 heavy (non-hydrogen) atoms. The van der Waals surface area contributed by atoms with E-state index in [2.05, 4.69) is 5.10 Å². The normalized spacial score (nSPS) is 10.9. The van der Waals surface area contributed by atoms with Crippen molar-refractivity contribution in [1.82, 2.24) is 18.9 Å². The van der Waals surface area contributed by atoms with Crippen LogP contribution in [0.25, 0.3) is 0 Å². The maximum Gasteiger partial charge on any atom is 0.331 e. The number of nitrogen functional groups attached to an aromatic ring is 1. The minimum absolute atomic E-state index is 0.100. The van der Waals surface area contributed by atoms with Gasteiger partial charge in [0.05, 0.1) is 0 Å². The van der Waals surface area contributed by atoms with Crippen molar-refractivity contribution in [2.24, 2.45) is 7.05 Å². The van der Waals surface area contributed by atoms with Crippen LogP contribution in [0.5, 0.6) is 0 Å². The molecule has 2 rings (SSSR count). The third kappa shape index (κ3) is 2.66. The van der Waals surface area contributed by atoms with E-state index in [-0.39, 0.29) is 11.4 Å². The Kier molecular flexibility index (Phi) is 4.07. The number of anilines is 1. The second-order valence-corrected chi connectivity index (χ2v) is 4.71. The molecule has 0 amide bonds. The van der Waals surface area contributed by atoms with E-state index in [1.54, 1.807) is 10.9 Å². The lowest BCUT2D eigenvalue weighted by molar-refractivity contribution is 0.538. The molecule has 2 N–H and O–H groups in total. The van der Waals surface area contributed by atoms with E-state index in [4.69, 9.17) is 5.73 Å². The molecule has 0 aliphatic carbocycles. The predicted octanol–water partition coefficient (Wildman–Crippen LogP) is -0.0216. The largest absolute Gasteiger partial charge is 0.393 e. The lowest BCUT2D eigenvalue weighted by atomic mass is 10.3. The van der Waals surface area contributed by atoms with Crippen molar-refractivity contribution in [3.63, 3.8) is 0 Å². The van der Waals surface area contributed by atoms with Crippen LogP contribution in [0.15, 0.2) is 28.0 Å². The van der Waals surface area contributed by atoms with Crippen LogP contribution in [0.3, 0.4) is 0 Å². The van der Waals surface area contributed by atoms with Crippen LogP contribution in [0, 0.1) is 0 Å². The highest BCUT2D eigenvalue weighted by Gasteiger charge is 2.09. The van der Waals surface area contributed by atoms with Crippen molar-refractivity contribution >= 4 is 5.69 Å².